The number of rotatable bonds is 5. The van der Waals surface area contributed by atoms with Gasteiger partial charge in [-0.15, -0.1) is 0 Å². The van der Waals surface area contributed by atoms with E-state index in [0.29, 0.717) is 11.1 Å². The quantitative estimate of drug-likeness (QED) is 0.655. The van der Waals surface area contributed by atoms with Gasteiger partial charge in [-0.3, -0.25) is 14.9 Å². The Morgan fingerprint density at radius 1 is 1.17 bits per heavy atom. The molecular formula is C17H18N2O4. The van der Waals surface area contributed by atoms with E-state index < -0.39 is 16.9 Å². The molecule has 120 valence electrons. The molecule has 0 aliphatic rings. The fourth-order valence-electron chi connectivity index (χ4n) is 2.44. The van der Waals surface area contributed by atoms with Gasteiger partial charge in [0.25, 0.3) is 11.6 Å². The van der Waals surface area contributed by atoms with Crippen molar-refractivity contribution in [1.82, 2.24) is 5.32 Å². The molecule has 2 aromatic carbocycles. The topological polar surface area (TPSA) is 92.5 Å². The lowest BCUT2D eigenvalue weighted by molar-refractivity contribution is -0.385. The third-order valence-corrected chi connectivity index (χ3v) is 3.67. The summed E-state index contributed by atoms with van der Waals surface area (Å²) in [7, 11) is 0. The van der Waals surface area contributed by atoms with Crippen molar-refractivity contribution in [2.24, 2.45) is 0 Å². The molecule has 1 atom stereocenters. The van der Waals surface area contributed by atoms with E-state index in [1.165, 1.54) is 6.07 Å². The summed E-state index contributed by atoms with van der Waals surface area (Å²) in [6, 6.07) is 11.9. The van der Waals surface area contributed by atoms with Crippen LogP contribution in [0.15, 0.2) is 42.5 Å². The van der Waals surface area contributed by atoms with Gasteiger partial charge in [-0.1, -0.05) is 36.4 Å². The van der Waals surface area contributed by atoms with Crippen LogP contribution in [0.3, 0.4) is 0 Å². The van der Waals surface area contributed by atoms with E-state index in [-0.39, 0.29) is 17.8 Å². The van der Waals surface area contributed by atoms with Crippen molar-refractivity contribution in [1.29, 1.82) is 0 Å². The first-order valence-electron chi connectivity index (χ1n) is 7.17. The third-order valence-electron chi connectivity index (χ3n) is 3.67. The lowest BCUT2D eigenvalue weighted by Crippen LogP contribution is -2.29. The van der Waals surface area contributed by atoms with Gasteiger partial charge in [-0.2, -0.15) is 0 Å². The van der Waals surface area contributed by atoms with E-state index in [1.54, 1.807) is 31.2 Å². The highest BCUT2D eigenvalue weighted by Gasteiger charge is 2.22. The predicted molar refractivity (Wildman–Crippen MR) is 86.3 cm³/mol. The molecule has 1 amide bonds. The molecule has 0 saturated carbocycles. The maximum atomic E-state index is 12.2. The van der Waals surface area contributed by atoms with Crippen LogP contribution in [0.4, 0.5) is 5.69 Å². The van der Waals surface area contributed by atoms with Crippen LogP contribution in [0.5, 0.6) is 0 Å². The Hall–Kier alpha value is -2.73. The largest absolute Gasteiger partial charge is 0.387 e. The lowest BCUT2D eigenvalue weighted by Gasteiger charge is -2.14. The monoisotopic (exact) mass is 314 g/mol. The van der Waals surface area contributed by atoms with Crippen LogP contribution in [-0.2, 0) is 0 Å². The van der Waals surface area contributed by atoms with Crippen molar-refractivity contribution < 1.29 is 14.8 Å². The zero-order valence-corrected chi connectivity index (χ0v) is 12.9. The highest BCUT2D eigenvalue weighted by atomic mass is 16.6. The molecule has 0 aliphatic heterocycles. The number of nitrogens with one attached hydrogen (secondary N) is 1. The number of aryl methyl sites for hydroxylation is 2. The number of para-hydroxylation sites is 1. The second-order valence-electron chi connectivity index (χ2n) is 5.31. The molecule has 0 spiro atoms. The Morgan fingerprint density at radius 3 is 2.48 bits per heavy atom. The summed E-state index contributed by atoms with van der Waals surface area (Å²) >= 11 is 0. The number of benzene rings is 2. The molecule has 0 radical (unpaired) electrons. The fraction of sp³-hybridized carbons (Fsp3) is 0.235. The standard InChI is InChI=1S/C17H18N2O4/c1-11-6-3-4-8-13(11)15(20)10-18-17(21)14-9-5-7-12(2)16(14)19(22)23/h3-9,15,20H,10H2,1-2H3,(H,18,21). The van der Waals surface area contributed by atoms with E-state index in [0.717, 1.165) is 5.56 Å². The molecular weight excluding hydrogens is 296 g/mol. The van der Waals surface area contributed by atoms with E-state index in [2.05, 4.69) is 5.32 Å². The molecule has 2 aromatic rings. The molecule has 2 N–H and O–H groups in total. The molecule has 0 saturated heterocycles. The van der Waals surface area contributed by atoms with Gasteiger partial charge >= 0.3 is 0 Å². The third kappa shape index (κ3) is 3.73. The van der Waals surface area contributed by atoms with Crippen molar-refractivity contribution in [3.8, 4) is 0 Å². The highest BCUT2D eigenvalue weighted by molar-refractivity contribution is 5.98. The number of aliphatic hydroxyl groups is 1. The summed E-state index contributed by atoms with van der Waals surface area (Å²) in [5.74, 6) is -0.576. The summed E-state index contributed by atoms with van der Waals surface area (Å²) in [6.45, 7) is 3.43. The maximum Gasteiger partial charge on any atom is 0.285 e. The van der Waals surface area contributed by atoms with Gasteiger partial charge in [0.1, 0.15) is 5.56 Å². The second-order valence-corrected chi connectivity index (χ2v) is 5.31. The SMILES string of the molecule is Cc1ccccc1C(O)CNC(=O)c1cccc(C)c1[N+](=O)[O-]. The van der Waals surface area contributed by atoms with Gasteiger partial charge in [-0.05, 0) is 31.0 Å². The molecule has 0 aromatic heterocycles. The van der Waals surface area contributed by atoms with E-state index in [9.17, 15) is 20.0 Å². The van der Waals surface area contributed by atoms with Crippen LogP contribution in [0.1, 0.15) is 33.2 Å². The van der Waals surface area contributed by atoms with Gasteiger partial charge < -0.3 is 10.4 Å². The average Bonchev–Trinajstić information content (AvgIpc) is 2.52. The van der Waals surface area contributed by atoms with Crippen LogP contribution in [0.25, 0.3) is 0 Å². The fourth-order valence-corrected chi connectivity index (χ4v) is 2.44. The van der Waals surface area contributed by atoms with Crippen LogP contribution in [0.2, 0.25) is 0 Å². The van der Waals surface area contributed by atoms with Crippen LogP contribution in [0, 0.1) is 24.0 Å². The van der Waals surface area contributed by atoms with Gasteiger partial charge in [0.15, 0.2) is 0 Å². The Kier molecular flexibility index (Phi) is 5.08. The average molecular weight is 314 g/mol. The molecule has 0 aliphatic carbocycles. The summed E-state index contributed by atoms with van der Waals surface area (Å²) < 4.78 is 0. The number of hydrogen-bond donors (Lipinski definition) is 2. The molecule has 0 bridgehead atoms. The van der Waals surface area contributed by atoms with E-state index in [1.807, 2.05) is 19.1 Å². The minimum absolute atomic E-state index is 0.00742. The molecule has 6 heteroatoms. The molecule has 0 heterocycles. The van der Waals surface area contributed by atoms with Crippen molar-refractivity contribution in [3.05, 3.63) is 74.8 Å². The minimum Gasteiger partial charge on any atom is -0.387 e. The summed E-state index contributed by atoms with van der Waals surface area (Å²) in [5, 5.41) is 23.9. The lowest BCUT2D eigenvalue weighted by atomic mass is 10.0. The first-order chi connectivity index (χ1) is 10.9. The number of nitro groups is 1. The van der Waals surface area contributed by atoms with Gasteiger partial charge in [0.05, 0.1) is 11.0 Å². The molecule has 0 fully saturated rings. The number of amides is 1. The number of carbonyl (C=O) groups is 1. The second kappa shape index (κ2) is 7.02. The number of hydrogen-bond acceptors (Lipinski definition) is 4. The first-order valence-corrected chi connectivity index (χ1v) is 7.17. The number of carbonyl (C=O) groups excluding carboxylic acids is 1. The van der Waals surface area contributed by atoms with Crippen molar-refractivity contribution >= 4 is 11.6 Å². The van der Waals surface area contributed by atoms with Crippen molar-refractivity contribution in [2.75, 3.05) is 6.54 Å². The molecule has 6 nitrogen and oxygen atoms in total. The van der Waals surface area contributed by atoms with E-state index >= 15 is 0 Å². The molecule has 2 rings (SSSR count). The summed E-state index contributed by atoms with van der Waals surface area (Å²) in [4.78, 5) is 22.8. The number of nitro benzene ring substituents is 1. The normalized spacial score (nSPS) is 11.8. The van der Waals surface area contributed by atoms with Crippen molar-refractivity contribution in [3.63, 3.8) is 0 Å². The number of aliphatic hydroxyl groups excluding tert-OH is 1. The maximum absolute atomic E-state index is 12.2. The smallest absolute Gasteiger partial charge is 0.285 e. The first kappa shape index (κ1) is 16.6. The van der Waals surface area contributed by atoms with Gasteiger partial charge in [0, 0.05) is 12.1 Å². The zero-order valence-electron chi connectivity index (χ0n) is 12.9. The Labute approximate surface area is 133 Å². The zero-order chi connectivity index (χ0) is 17.0. The van der Waals surface area contributed by atoms with Gasteiger partial charge in [0.2, 0.25) is 0 Å². The molecule has 1 unspecified atom stereocenters. The Bertz CT molecular complexity index is 743. The van der Waals surface area contributed by atoms with Crippen LogP contribution < -0.4 is 5.32 Å². The van der Waals surface area contributed by atoms with E-state index in [4.69, 9.17) is 0 Å². The van der Waals surface area contributed by atoms with Gasteiger partial charge in [-0.25, -0.2) is 0 Å². The highest BCUT2D eigenvalue weighted by Crippen LogP contribution is 2.23. The van der Waals surface area contributed by atoms with Crippen molar-refractivity contribution in [2.45, 2.75) is 20.0 Å². The number of nitrogens with zero attached hydrogens (tertiary/aromatic N) is 1. The summed E-state index contributed by atoms with van der Waals surface area (Å²) in [5.41, 5.74) is 1.83. The van der Waals surface area contributed by atoms with Crippen LogP contribution in [-0.4, -0.2) is 22.5 Å². The Morgan fingerprint density at radius 2 is 1.83 bits per heavy atom. The summed E-state index contributed by atoms with van der Waals surface area (Å²) in [6.07, 6.45) is -0.871. The Balaban J connectivity index is 2.13. The molecule has 23 heavy (non-hydrogen) atoms. The van der Waals surface area contributed by atoms with Crippen LogP contribution >= 0.6 is 0 Å². The minimum atomic E-state index is -0.871. The predicted octanol–water partition coefficient (Wildman–Crippen LogP) is 2.68.